The highest BCUT2D eigenvalue weighted by Gasteiger charge is 2.18. The maximum Gasteiger partial charge on any atom is 0.224 e. The van der Waals surface area contributed by atoms with E-state index in [0.29, 0.717) is 13.0 Å². The smallest absolute Gasteiger partial charge is 0.224 e. The van der Waals surface area contributed by atoms with Crippen molar-refractivity contribution in [2.45, 2.75) is 19.6 Å². The molecular formula is C8H10N2O2. The molecule has 64 valence electrons. The molecule has 4 nitrogen and oxygen atoms in total. The Bertz CT molecular complexity index is 303. The number of fused-ring (bicyclic) bond motifs is 1. The Morgan fingerprint density at radius 1 is 1.58 bits per heavy atom. The molecule has 1 amide bonds. The minimum absolute atomic E-state index is 0.000880. The van der Waals surface area contributed by atoms with Gasteiger partial charge in [-0.25, -0.2) is 0 Å². The number of nitrogens with one attached hydrogen (secondary N) is 2. The van der Waals surface area contributed by atoms with E-state index in [1.165, 1.54) is 0 Å². The Hall–Kier alpha value is -1.29. The summed E-state index contributed by atoms with van der Waals surface area (Å²) >= 11 is 0. The minimum atomic E-state index is -0.000880. The maximum absolute atomic E-state index is 11.0. The van der Waals surface area contributed by atoms with Crippen LogP contribution in [0, 0.1) is 0 Å². The van der Waals surface area contributed by atoms with Crippen LogP contribution in [0.1, 0.15) is 16.8 Å². The van der Waals surface area contributed by atoms with E-state index in [9.17, 15) is 4.79 Å². The van der Waals surface area contributed by atoms with Crippen molar-refractivity contribution in [2.75, 3.05) is 0 Å². The van der Waals surface area contributed by atoms with Crippen LogP contribution in [0.15, 0.2) is 6.20 Å². The average molecular weight is 166 g/mol. The van der Waals surface area contributed by atoms with Gasteiger partial charge in [0, 0.05) is 11.9 Å². The fourth-order valence-corrected chi connectivity index (χ4v) is 1.47. The average Bonchev–Trinajstić information content (AvgIpc) is 2.46. The van der Waals surface area contributed by atoms with Crippen molar-refractivity contribution >= 4 is 5.91 Å². The molecule has 1 aromatic rings. The highest BCUT2D eigenvalue weighted by atomic mass is 16.3. The van der Waals surface area contributed by atoms with Gasteiger partial charge in [0.05, 0.1) is 19.6 Å². The summed E-state index contributed by atoms with van der Waals surface area (Å²) in [5, 5.41) is 11.6. The van der Waals surface area contributed by atoms with E-state index >= 15 is 0 Å². The first-order valence-corrected chi connectivity index (χ1v) is 3.87. The zero-order valence-electron chi connectivity index (χ0n) is 6.55. The quantitative estimate of drug-likeness (QED) is 0.535. The summed E-state index contributed by atoms with van der Waals surface area (Å²) in [5.41, 5.74) is 2.81. The molecule has 0 fully saturated rings. The molecular weight excluding hydrogens is 156 g/mol. The summed E-state index contributed by atoms with van der Waals surface area (Å²) in [6.07, 6.45) is 2.14. The number of amides is 1. The lowest BCUT2D eigenvalue weighted by atomic mass is 10.0. The normalized spacial score (nSPS) is 15.6. The lowest BCUT2D eigenvalue weighted by molar-refractivity contribution is -0.121. The molecule has 0 unspecified atom stereocenters. The third-order valence-electron chi connectivity index (χ3n) is 2.14. The van der Waals surface area contributed by atoms with Gasteiger partial charge in [0.2, 0.25) is 5.91 Å². The maximum atomic E-state index is 11.0. The molecule has 0 saturated carbocycles. The van der Waals surface area contributed by atoms with Crippen LogP contribution in [0.4, 0.5) is 0 Å². The number of aliphatic hydroxyl groups is 1. The van der Waals surface area contributed by atoms with Crippen LogP contribution in [-0.2, 0) is 24.4 Å². The second kappa shape index (κ2) is 2.64. The Kier molecular flexibility index (Phi) is 1.62. The van der Waals surface area contributed by atoms with Crippen molar-refractivity contribution in [3.05, 3.63) is 23.0 Å². The Morgan fingerprint density at radius 2 is 2.42 bits per heavy atom. The van der Waals surface area contributed by atoms with Crippen LogP contribution < -0.4 is 5.32 Å². The van der Waals surface area contributed by atoms with Crippen molar-refractivity contribution in [1.29, 1.82) is 0 Å². The molecule has 1 aliphatic heterocycles. The molecule has 0 bridgehead atoms. The number of hydrogen-bond donors (Lipinski definition) is 3. The van der Waals surface area contributed by atoms with Gasteiger partial charge < -0.3 is 15.4 Å². The van der Waals surface area contributed by atoms with E-state index in [2.05, 4.69) is 10.3 Å². The van der Waals surface area contributed by atoms with Crippen molar-refractivity contribution in [3.63, 3.8) is 0 Å². The van der Waals surface area contributed by atoms with Crippen LogP contribution in [0.2, 0.25) is 0 Å². The molecule has 0 saturated heterocycles. The number of aliphatic hydroxyl groups excluding tert-OH is 1. The van der Waals surface area contributed by atoms with Crippen molar-refractivity contribution in [2.24, 2.45) is 0 Å². The summed E-state index contributed by atoms with van der Waals surface area (Å²) in [6, 6.07) is 0. The van der Waals surface area contributed by atoms with E-state index in [1.54, 1.807) is 6.20 Å². The minimum Gasteiger partial charge on any atom is -0.392 e. The number of aromatic amines is 1. The van der Waals surface area contributed by atoms with Gasteiger partial charge in [0.1, 0.15) is 0 Å². The second-order valence-electron chi connectivity index (χ2n) is 2.88. The molecule has 0 aliphatic carbocycles. The van der Waals surface area contributed by atoms with Crippen LogP contribution in [0.25, 0.3) is 0 Å². The van der Waals surface area contributed by atoms with Gasteiger partial charge in [0.15, 0.2) is 0 Å². The fourth-order valence-electron chi connectivity index (χ4n) is 1.47. The van der Waals surface area contributed by atoms with Gasteiger partial charge in [-0.1, -0.05) is 0 Å². The van der Waals surface area contributed by atoms with E-state index in [0.717, 1.165) is 16.8 Å². The van der Waals surface area contributed by atoms with Crippen molar-refractivity contribution in [3.8, 4) is 0 Å². The topological polar surface area (TPSA) is 65.1 Å². The summed E-state index contributed by atoms with van der Waals surface area (Å²) in [5.74, 6) is 0.0248. The second-order valence-corrected chi connectivity index (χ2v) is 2.88. The highest BCUT2D eigenvalue weighted by molar-refractivity contribution is 5.80. The molecule has 0 spiro atoms. The Labute approximate surface area is 69.6 Å². The standard InChI is InChI=1S/C8H10N2O2/c11-4-5-2-9-7-3-10-8(12)1-6(5)7/h2,9,11H,1,3-4H2,(H,10,12). The van der Waals surface area contributed by atoms with Gasteiger partial charge >= 0.3 is 0 Å². The first-order valence-electron chi connectivity index (χ1n) is 3.87. The largest absolute Gasteiger partial charge is 0.392 e. The Morgan fingerprint density at radius 3 is 3.17 bits per heavy atom. The number of aromatic nitrogens is 1. The van der Waals surface area contributed by atoms with E-state index in [-0.39, 0.29) is 12.5 Å². The molecule has 0 radical (unpaired) electrons. The van der Waals surface area contributed by atoms with Crippen LogP contribution in [0.5, 0.6) is 0 Å². The summed E-state index contributed by atoms with van der Waals surface area (Å²) in [4.78, 5) is 14.0. The monoisotopic (exact) mass is 166 g/mol. The number of hydrogen-bond acceptors (Lipinski definition) is 2. The van der Waals surface area contributed by atoms with E-state index < -0.39 is 0 Å². The van der Waals surface area contributed by atoms with Crippen LogP contribution in [0.3, 0.4) is 0 Å². The molecule has 2 heterocycles. The molecule has 1 aliphatic rings. The molecule has 4 heteroatoms. The summed E-state index contributed by atoms with van der Waals surface area (Å²) in [6.45, 7) is 0.549. The van der Waals surface area contributed by atoms with E-state index in [4.69, 9.17) is 5.11 Å². The van der Waals surface area contributed by atoms with Gasteiger partial charge in [-0.15, -0.1) is 0 Å². The van der Waals surface area contributed by atoms with Gasteiger partial charge in [-0.3, -0.25) is 4.79 Å². The van der Waals surface area contributed by atoms with Crippen LogP contribution in [-0.4, -0.2) is 16.0 Å². The highest BCUT2D eigenvalue weighted by Crippen LogP contribution is 2.17. The molecule has 12 heavy (non-hydrogen) atoms. The number of rotatable bonds is 1. The SMILES string of the molecule is O=C1Cc2c(CO)c[nH]c2CN1. The zero-order chi connectivity index (χ0) is 8.55. The predicted molar refractivity (Wildman–Crippen MR) is 42.3 cm³/mol. The van der Waals surface area contributed by atoms with Crippen LogP contribution >= 0.6 is 0 Å². The molecule has 1 aromatic heterocycles. The van der Waals surface area contributed by atoms with Gasteiger partial charge in [0.25, 0.3) is 0 Å². The third-order valence-corrected chi connectivity index (χ3v) is 2.14. The third kappa shape index (κ3) is 1.00. The first kappa shape index (κ1) is 7.36. The van der Waals surface area contributed by atoms with Crippen molar-refractivity contribution < 1.29 is 9.90 Å². The molecule has 3 N–H and O–H groups in total. The number of carbonyl (C=O) groups excluding carboxylic acids is 1. The molecule has 0 atom stereocenters. The van der Waals surface area contributed by atoms with Gasteiger partial charge in [-0.2, -0.15) is 0 Å². The first-order chi connectivity index (χ1) is 5.81. The van der Waals surface area contributed by atoms with E-state index in [1.807, 2.05) is 0 Å². The number of carbonyl (C=O) groups is 1. The van der Waals surface area contributed by atoms with Crippen molar-refractivity contribution in [1.82, 2.24) is 10.3 Å². The predicted octanol–water partition coefficient (Wildman–Crippen LogP) is -0.321. The molecule has 0 aromatic carbocycles. The number of H-pyrrole nitrogens is 1. The summed E-state index contributed by atoms with van der Waals surface area (Å²) < 4.78 is 0. The lowest BCUT2D eigenvalue weighted by Crippen LogP contribution is -2.30. The van der Waals surface area contributed by atoms with Gasteiger partial charge in [-0.05, 0) is 11.1 Å². The summed E-state index contributed by atoms with van der Waals surface area (Å²) in [7, 11) is 0. The Balaban J connectivity index is 2.40. The zero-order valence-corrected chi connectivity index (χ0v) is 6.55. The lowest BCUT2D eigenvalue weighted by Gasteiger charge is -2.13. The molecule has 2 rings (SSSR count). The fraction of sp³-hybridized carbons (Fsp3) is 0.375.